The molecule has 11 heavy (non-hydrogen) atoms. The van der Waals surface area contributed by atoms with E-state index in [1.807, 2.05) is 6.92 Å². The zero-order valence-corrected chi connectivity index (χ0v) is 7.55. The number of hydrogen-bond donors (Lipinski definition) is 1. The van der Waals surface area contributed by atoms with Crippen molar-refractivity contribution in [3.63, 3.8) is 0 Å². The second-order valence-electron chi connectivity index (χ2n) is 4.05. The Morgan fingerprint density at radius 3 is 2.09 bits per heavy atom. The lowest BCUT2D eigenvalue weighted by atomic mass is 9.89. The molecule has 2 nitrogen and oxygen atoms in total. The molecule has 1 unspecified atom stereocenters. The molecule has 1 aliphatic rings. The monoisotopic (exact) mass is 155 g/mol. The zero-order chi connectivity index (χ0) is 8.65. The van der Waals surface area contributed by atoms with Crippen LogP contribution in [0.4, 0.5) is 0 Å². The Bertz CT molecular complexity index is 170. The number of carbonyl (C=O) groups excluding carboxylic acids is 1. The number of Topliss-reactive ketones (excluding diaryl/α,β-unsaturated/α-hetero) is 1. The first kappa shape index (κ1) is 8.72. The van der Waals surface area contributed by atoms with Gasteiger partial charge >= 0.3 is 0 Å². The van der Waals surface area contributed by atoms with Gasteiger partial charge in [0.25, 0.3) is 0 Å². The van der Waals surface area contributed by atoms with Crippen LogP contribution >= 0.6 is 0 Å². The summed E-state index contributed by atoms with van der Waals surface area (Å²) in [5.74, 6) is 0.804. The Hall–Kier alpha value is -0.370. The molecule has 0 saturated heterocycles. The van der Waals surface area contributed by atoms with Gasteiger partial charge in [-0.25, -0.2) is 0 Å². The fourth-order valence-corrected chi connectivity index (χ4v) is 1.14. The van der Waals surface area contributed by atoms with Gasteiger partial charge in [0.2, 0.25) is 0 Å². The topological polar surface area (TPSA) is 43.1 Å². The first-order valence-electron chi connectivity index (χ1n) is 4.30. The van der Waals surface area contributed by atoms with Crippen LogP contribution in [-0.2, 0) is 4.79 Å². The van der Waals surface area contributed by atoms with Crippen LogP contribution in [0.15, 0.2) is 0 Å². The Morgan fingerprint density at radius 2 is 1.82 bits per heavy atom. The Kier molecular flexibility index (Phi) is 2.06. The lowest BCUT2D eigenvalue weighted by Crippen LogP contribution is -2.38. The molecule has 0 aliphatic heterocycles. The molecular weight excluding hydrogens is 138 g/mol. The molecule has 0 aromatic carbocycles. The molecule has 2 N–H and O–H groups in total. The van der Waals surface area contributed by atoms with Crippen LogP contribution in [0.1, 0.15) is 33.6 Å². The van der Waals surface area contributed by atoms with Gasteiger partial charge in [-0.1, -0.05) is 20.8 Å². The number of ketones is 1. The van der Waals surface area contributed by atoms with Gasteiger partial charge in [0.1, 0.15) is 0 Å². The molecule has 0 aromatic heterocycles. The van der Waals surface area contributed by atoms with Gasteiger partial charge < -0.3 is 5.73 Å². The minimum Gasteiger partial charge on any atom is -0.319 e. The Labute approximate surface area is 68.2 Å². The molecule has 0 spiro atoms. The summed E-state index contributed by atoms with van der Waals surface area (Å²) in [4.78, 5) is 11.5. The van der Waals surface area contributed by atoms with Crippen LogP contribution in [0.3, 0.4) is 0 Å². The first-order chi connectivity index (χ1) is 4.97. The highest BCUT2D eigenvalue weighted by atomic mass is 16.1. The number of hydrogen-bond acceptors (Lipinski definition) is 2. The van der Waals surface area contributed by atoms with Crippen LogP contribution in [0, 0.1) is 11.8 Å². The third-order valence-electron chi connectivity index (χ3n) is 2.69. The predicted octanol–water partition coefficient (Wildman–Crippen LogP) is 1.34. The van der Waals surface area contributed by atoms with Gasteiger partial charge in [0.15, 0.2) is 5.78 Å². The Morgan fingerprint density at radius 1 is 1.36 bits per heavy atom. The molecule has 1 fully saturated rings. The van der Waals surface area contributed by atoms with Crippen LogP contribution in [0.2, 0.25) is 0 Å². The lowest BCUT2D eigenvalue weighted by molar-refractivity contribution is -0.125. The molecule has 0 amide bonds. The van der Waals surface area contributed by atoms with E-state index in [1.54, 1.807) is 0 Å². The molecule has 1 aliphatic carbocycles. The van der Waals surface area contributed by atoms with Crippen molar-refractivity contribution >= 4 is 5.78 Å². The summed E-state index contributed by atoms with van der Waals surface area (Å²) >= 11 is 0. The normalized spacial score (nSPS) is 23.4. The number of carbonyl (C=O) groups is 1. The van der Waals surface area contributed by atoms with Gasteiger partial charge in [-0.15, -0.1) is 0 Å². The molecule has 0 aromatic rings. The maximum absolute atomic E-state index is 11.5. The van der Waals surface area contributed by atoms with E-state index in [0.717, 1.165) is 12.8 Å². The van der Waals surface area contributed by atoms with E-state index in [0.29, 0.717) is 5.92 Å². The van der Waals surface area contributed by atoms with Crippen molar-refractivity contribution in [3.05, 3.63) is 0 Å². The van der Waals surface area contributed by atoms with E-state index in [9.17, 15) is 4.79 Å². The van der Waals surface area contributed by atoms with E-state index in [-0.39, 0.29) is 11.7 Å². The van der Waals surface area contributed by atoms with Crippen LogP contribution in [-0.4, -0.2) is 11.3 Å². The SMILES string of the molecule is CC(C)C(C)C(=O)C1(N)CC1. The fourth-order valence-electron chi connectivity index (χ4n) is 1.14. The molecule has 1 saturated carbocycles. The second-order valence-corrected chi connectivity index (χ2v) is 4.05. The summed E-state index contributed by atoms with van der Waals surface area (Å²) in [6.07, 6.45) is 1.78. The molecule has 0 radical (unpaired) electrons. The second kappa shape index (κ2) is 2.59. The van der Waals surface area contributed by atoms with Crippen molar-refractivity contribution in [2.24, 2.45) is 17.6 Å². The van der Waals surface area contributed by atoms with Gasteiger partial charge in [0, 0.05) is 5.92 Å². The van der Waals surface area contributed by atoms with Gasteiger partial charge in [0.05, 0.1) is 5.54 Å². The van der Waals surface area contributed by atoms with Gasteiger partial charge in [-0.05, 0) is 18.8 Å². The summed E-state index contributed by atoms with van der Waals surface area (Å²) in [7, 11) is 0. The van der Waals surface area contributed by atoms with E-state index in [2.05, 4.69) is 13.8 Å². The maximum atomic E-state index is 11.5. The molecule has 64 valence electrons. The standard InChI is InChI=1S/C9H17NO/c1-6(2)7(3)8(11)9(10)4-5-9/h6-7H,4-5,10H2,1-3H3. The smallest absolute Gasteiger partial charge is 0.155 e. The summed E-state index contributed by atoms with van der Waals surface area (Å²) in [6.45, 7) is 6.10. The number of rotatable bonds is 3. The van der Waals surface area contributed by atoms with Crippen molar-refractivity contribution in [2.75, 3.05) is 0 Å². The van der Waals surface area contributed by atoms with Crippen molar-refractivity contribution < 1.29 is 4.79 Å². The molecular formula is C9H17NO. The van der Waals surface area contributed by atoms with E-state index in [4.69, 9.17) is 5.73 Å². The fraction of sp³-hybridized carbons (Fsp3) is 0.889. The van der Waals surface area contributed by atoms with Crippen molar-refractivity contribution in [1.29, 1.82) is 0 Å². The molecule has 1 atom stereocenters. The summed E-state index contributed by atoms with van der Waals surface area (Å²) in [6, 6.07) is 0. The van der Waals surface area contributed by atoms with E-state index >= 15 is 0 Å². The molecule has 2 heteroatoms. The summed E-state index contributed by atoms with van der Waals surface area (Å²) < 4.78 is 0. The minimum absolute atomic E-state index is 0.127. The van der Waals surface area contributed by atoms with Crippen LogP contribution < -0.4 is 5.73 Å². The highest BCUT2D eigenvalue weighted by Crippen LogP contribution is 2.36. The quantitative estimate of drug-likeness (QED) is 0.668. The average Bonchev–Trinajstić information content (AvgIpc) is 2.66. The van der Waals surface area contributed by atoms with Crippen molar-refractivity contribution in [1.82, 2.24) is 0 Å². The van der Waals surface area contributed by atoms with Crippen LogP contribution in [0.5, 0.6) is 0 Å². The number of nitrogens with two attached hydrogens (primary N) is 1. The predicted molar refractivity (Wildman–Crippen MR) is 45.2 cm³/mol. The minimum atomic E-state index is -0.427. The highest BCUT2D eigenvalue weighted by molar-refractivity contribution is 5.92. The van der Waals surface area contributed by atoms with Crippen LogP contribution in [0.25, 0.3) is 0 Å². The largest absolute Gasteiger partial charge is 0.319 e. The highest BCUT2D eigenvalue weighted by Gasteiger charge is 2.47. The summed E-state index contributed by atoms with van der Waals surface area (Å²) in [5.41, 5.74) is 5.35. The maximum Gasteiger partial charge on any atom is 0.155 e. The molecule has 0 heterocycles. The zero-order valence-electron chi connectivity index (χ0n) is 7.55. The lowest BCUT2D eigenvalue weighted by Gasteiger charge is -2.17. The third-order valence-corrected chi connectivity index (χ3v) is 2.69. The summed E-state index contributed by atoms with van der Waals surface area (Å²) in [5, 5.41) is 0. The average molecular weight is 155 g/mol. The first-order valence-corrected chi connectivity index (χ1v) is 4.30. The van der Waals surface area contributed by atoms with E-state index in [1.165, 1.54) is 0 Å². The third kappa shape index (κ3) is 1.62. The van der Waals surface area contributed by atoms with Crippen molar-refractivity contribution in [3.8, 4) is 0 Å². The van der Waals surface area contributed by atoms with Crippen molar-refractivity contribution in [2.45, 2.75) is 39.2 Å². The Balaban J connectivity index is 2.54. The molecule has 1 rings (SSSR count). The van der Waals surface area contributed by atoms with Gasteiger partial charge in [-0.3, -0.25) is 4.79 Å². The van der Waals surface area contributed by atoms with E-state index < -0.39 is 5.54 Å². The van der Waals surface area contributed by atoms with Gasteiger partial charge in [-0.2, -0.15) is 0 Å². The molecule has 0 bridgehead atoms.